The second kappa shape index (κ2) is 14.5. The predicted molar refractivity (Wildman–Crippen MR) is 269 cm³/mol. The molecule has 1 aliphatic heterocycles. The van der Waals surface area contributed by atoms with E-state index in [1.54, 1.807) is 0 Å². The summed E-state index contributed by atoms with van der Waals surface area (Å²) in [6, 6.07) is 88.2. The quantitative estimate of drug-likeness (QED) is 0.166. The summed E-state index contributed by atoms with van der Waals surface area (Å²) < 4.78 is 4.96. The molecule has 3 heterocycles. The van der Waals surface area contributed by atoms with Crippen LogP contribution >= 0.6 is 0 Å². The maximum Gasteiger partial charge on any atom is 0.0953 e. The maximum absolute atomic E-state index is 2.51. The van der Waals surface area contributed by atoms with Crippen LogP contribution in [0.4, 0.5) is 34.1 Å². The molecule has 300 valence electrons. The van der Waals surface area contributed by atoms with Crippen LogP contribution in [-0.4, -0.2) is 9.13 Å². The minimum atomic E-state index is 1.09. The molecule has 0 amide bonds. The second-order valence-corrected chi connectivity index (χ2v) is 16.5. The van der Waals surface area contributed by atoms with Gasteiger partial charge < -0.3 is 18.9 Å². The van der Waals surface area contributed by atoms with Gasteiger partial charge in [-0.15, -0.1) is 0 Å². The van der Waals surface area contributed by atoms with Gasteiger partial charge in [0.25, 0.3) is 0 Å². The Labute approximate surface area is 371 Å². The summed E-state index contributed by atoms with van der Waals surface area (Å²) in [5.41, 5.74) is 18.3. The van der Waals surface area contributed by atoms with Crippen LogP contribution in [-0.2, 0) is 0 Å². The molecule has 12 aromatic rings. The number of rotatable bonds is 6. The summed E-state index contributed by atoms with van der Waals surface area (Å²) in [6.07, 6.45) is 0. The molecular weight excluding hydrogens is 777 g/mol. The molecule has 0 bridgehead atoms. The molecule has 64 heavy (non-hydrogen) atoms. The molecule has 0 atom stereocenters. The first-order valence-electron chi connectivity index (χ1n) is 21.9. The highest BCUT2D eigenvalue weighted by molar-refractivity contribution is 6.24. The van der Waals surface area contributed by atoms with Gasteiger partial charge in [-0.2, -0.15) is 0 Å². The molecule has 0 aliphatic carbocycles. The van der Waals surface area contributed by atoms with Crippen molar-refractivity contribution in [1.82, 2.24) is 9.13 Å². The zero-order chi connectivity index (χ0) is 42.1. The smallest absolute Gasteiger partial charge is 0.0953 e. The summed E-state index contributed by atoms with van der Waals surface area (Å²) >= 11 is 0. The Kier molecular flexibility index (Phi) is 8.18. The third-order valence-corrected chi connectivity index (χ3v) is 13.0. The summed E-state index contributed by atoms with van der Waals surface area (Å²) in [6.45, 7) is 0. The molecule has 13 rings (SSSR count). The molecule has 0 spiro atoms. The van der Waals surface area contributed by atoms with Crippen LogP contribution < -0.4 is 9.80 Å². The molecule has 0 N–H and O–H groups in total. The lowest BCUT2D eigenvalue weighted by atomic mass is 10.00. The monoisotopic (exact) mass is 816 g/mol. The Morgan fingerprint density at radius 2 is 0.547 bits per heavy atom. The number of aromatic nitrogens is 2. The Hall–Kier alpha value is -8.60. The summed E-state index contributed by atoms with van der Waals surface area (Å²) in [5.74, 6) is 0. The fourth-order valence-electron chi connectivity index (χ4n) is 10.2. The Bertz CT molecular complexity index is 3440. The van der Waals surface area contributed by atoms with Crippen LogP contribution in [0.5, 0.6) is 0 Å². The summed E-state index contributed by atoms with van der Waals surface area (Å²) in [5, 5.41) is 4.83. The van der Waals surface area contributed by atoms with E-state index >= 15 is 0 Å². The standard InChI is InChI=1S/C60H40N4/c1-5-17-41(18-6-1)43-29-33-47(34-30-43)61-53-27-15-13-25-49(53)51-37-39-55-59(57(51)61)63(45-21-9-3-10-22-45)56-40-38-52-50-26-14-16-28-54(50)62(58(52)60(56)64(55)46-23-11-4-12-24-46)48-35-31-44(32-36-48)42-19-7-2-8-20-42/h1-40H. The maximum atomic E-state index is 2.51. The lowest BCUT2D eigenvalue weighted by Gasteiger charge is -2.41. The third-order valence-electron chi connectivity index (χ3n) is 13.0. The molecular formula is C60H40N4. The van der Waals surface area contributed by atoms with Crippen molar-refractivity contribution in [2.24, 2.45) is 0 Å². The Balaban J connectivity index is 1.14. The van der Waals surface area contributed by atoms with Crippen LogP contribution in [0.25, 0.3) is 77.2 Å². The van der Waals surface area contributed by atoms with Gasteiger partial charge >= 0.3 is 0 Å². The SMILES string of the molecule is c1ccc(-c2ccc(-n3c4ccccc4c4ccc5c(c43)N(c3ccccc3)c3ccc4c6ccccc6n(-c6ccc(-c7ccccc7)cc6)c4c3N5c3ccccc3)cc2)cc1. The van der Waals surface area contributed by atoms with E-state index in [1.165, 1.54) is 43.8 Å². The average molecular weight is 817 g/mol. The van der Waals surface area contributed by atoms with Crippen molar-refractivity contribution >= 4 is 77.7 Å². The van der Waals surface area contributed by atoms with E-state index in [0.29, 0.717) is 0 Å². The van der Waals surface area contributed by atoms with Crippen LogP contribution in [0.2, 0.25) is 0 Å². The molecule has 10 aromatic carbocycles. The first-order valence-corrected chi connectivity index (χ1v) is 21.9. The first kappa shape index (κ1) is 36.1. The third kappa shape index (κ3) is 5.49. The average Bonchev–Trinajstić information content (AvgIpc) is 3.90. The van der Waals surface area contributed by atoms with Crippen LogP contribution in [0.3, 0.4) is 0 Å². The van der Waals surface area contributed by atoms with Crippen molar-refractivity contribution < 1.29 is 0 Å². The molecule has 0 unspecified atom stereocenters. The van der Waals surface area contributed by atoms with Gasteiger partial charge in [0, 0.05) is 44.3 Å². The van der Waals surface area contributed by atoms with E-state index < -0.39 is 0 Å². The number of nitrogens with zero attached hydrogens (tertiary/aromatic N) is 4. The number of anilines is 6. The predicted octanol–water partition coefficient (Wildman–Crippen LogP) is 16.5. The minimum absolute atomic E-state index is 1.09. The highest BCUT2D eigenvalue weighted by atomic mass is 15.3. The zero-order valence-electron chi connectivity index (χ0n) is 34.9. The largest absolute Gasteiger partial charge is 0.307 e. The van der Waals surface area contributed by atoms with E-state index in [2.05, 4.69) is 262 Å². The van der Waals surface area contributed by atoms with Crippen molar-refractivity contribution in [3.63, 3.8) is 0 Å². The molecule has 4 nitrogen and oxygen atoms in total. The lowest BCUT2D eigenvalue weighted by Crippen LogP contribution is -2.25. The molecule has 0 fully saturated rings. The van der Waals surface area contributed by atoms with Crippen molar-refractivity contribution in [1.29, 1.82) is 0 Å². The van der Waals surface area contributed by atoms with Gasteiger partial charge in [0.2, 0.25) is 0 Å². The number of hydrogen-bond donors (Lipinski definition) is 0. The molecule has 0 saturated heterocycles. The van der Waals surface area contributed by atoms with Gasteiger partial charge in [-0.1, -0.05) is 158 Å². The first-order chi connectivity index (χ1) is 31.8. The van der Waals surface area contributed by atoms with Gasteiger partial charge in [0.1, 0.15) is 0 Å². The van der Waals surface area contributed by atoms with Crippen molar-refractivity contribution in [2.75, 3.05) is 9.80 Å². The fourth-order valence-corrected chi connectivity index (χ4v) is 10.2. The molecule has 4 heteroatoms. The van der Waals surface area contributed by atoms with Crippen LogP contribution in [0.15, 0.2) is 243 Å². The van der Waals surface area contributed by atoms with Crippen LogP contribution in [0.1, 0.15) is 0 Å². The number of para-hydroxylation sites is 4. The zero-order valence-corrected chi connectivity index (χ0v) is 34.9. The Morgan fingerprint density at radius 1 is 0.219 bits per heavy atom. The highest BCUT2D eigenvalue weighted by Crippen LogP contribution is 2.60. The fraction of sp³-hybridized carbons (Fsp3) is 0. The number of hydrogen-bond acceptors (Lipinski definition) is 2. The van der Waals surface area contributed by atoms with Crippen molar-refractivity contribution in [3.05, 3.63) is 243 Å². The van der Waals surface area contributed by atoms with E-state index in [0.717, 1.165) is 67.6 Å². The van der Waals surface area contributed by atoms with E-state index in [4.69, 9.17) is 0 Å². The minimum Gasteiger partial charge on any atom is -0.307 e. The van der Waals surface area contributed by atoms with Crippen molar-refractivity contribution in [2.45, 2.75) is 0 Å². The van der Waals surface area contributed by atoms with Crippen molar-refractivity contribution in [3.8, 4) is 33.6 Å². The number of benzene rings is 10. The Morgan fingerprint density at radius 3 is 0.938 bits per heavy atom. The van der Waals surface area contributed by atoms with E-state index in [1.807, 2.05) is 0 Å². The summed E-state index contributed by atoms with van der Waals surface area (Å²) in [4.78, 5) is 5.03. The van der Waals surface area contributed by atoms with Gasteiger partial charge in [-0.25, -0.2) is 0 Å². The lowest BCUT2D eigenvalue weighted by molar-refractivity contribution is 1.13. The highest BCUT2D eigenvalue weighted by Gasteiger charge is 2.37. The topological polar surface area (TPSA) is 16.3 Å². The van der Waals surface area contributed by atoms with Gasteiger partial charge in [0.15, 0.2) is 0 Å². The molecule has 1 aliphatic rings. The molecule has 0 saturated carbocycles. The van der Waals surface area contributed by atoms with E-state index in [-0.39, 0.29) is 0 Å². The van der Waals surface area contributed by atoms with Gasteiger partial charge in [0.05, 0.1) is 44.8 Å². The molecule has 2 aromatic heterocycles. The van der Waals surface area contributed by atoms with Crippen LogP contribution in [0, 0.1) is 0 Å². The normalized spacial score (nSPS) is 12.3. The van der Waals surface area contributed by atoms with E-state index in [9.17, 15) is 0 Å². The summed E-state index contributed by atoms with van der Waals surface area (Å²) in [7, 11) is 0. The second-order valence-electron chi connectivity index (χ2n) is 16.5. The van der Waals surface area contributed by atoms with Gasteiger partial charge in [-0.05, 0) is 107 Å². The number of fused-ring (bicyclic) bond motifs is 10. The molecule has 0 radical (unpaired) electrons. The van der Waals surface area contributed by atoms with Gasteiger partial charge in [-0.3, -0.25) is 0 Å².